The molecule has 2 heterocycles. The number of amides is 1. The van der Waals surface area contributed by atoms with Crippen LogP contribution < -0.4 is 0 Å². The fraction of sp³-hybridized carbons (Fsp3) is 0.476. The molecule has 0 spiro atoms. The normalized spacial score (nSPS) is 16.1. The highest BCUT2D eigenvalue weighted by atomic mass is 19.4. The number of aromatic nitrogens is 2. The molecule has 32 heavy (non-hydrogen) atoms. The van der Waals surface area contributed by atoms with Crippen molar-refractivity contribution in [3.05, 3.63) is 41.6 Å². The number of rotatable bonds is 6. The van der Waals surface area contributed by atoms with Crippen molar-refractivity contribution in [2.24, 2.45) is 0 Å². The molecule has 0 saturated carbocycles. The highest BCUT2D eigenvalue weighted by Gasteiger charge is 2.40. The van der Waals surface area contributed by atoms with Gasteiger partial charge >= 0.3 is 18.2 Å². The molecule has 11 heteroatoms. The number of carboxylic acids is 1. The number of aliphatic carboxylic acids is 1. The topological polar surface area (TPSA) is 87.9 Å². The molecule has 2 aromatic rings. The Morgan fingerprint density at radius 3 is 2.50 bits per heavy atom. The smallest absolute Gasteiger partial charge is 0.425 e. The third-order valence-corrected chi connectivity index (χ3v) is 5.24. The van der Waals surface area contributed by atoms with Crippen LogP contribution in [-0.2, 0) is 22.6 Å². The molecule has 3 rings (SSSR count). The molecule has 1 aliphatic heterocycles. The number of hydrogen-bond donors (Lipinski definition) is 1. The molecule has 1 saturated heterocycles. The largest absolute Gasteiger partial charge is 0.480 e. The molecular weight excluding hydrogens is 429 g/mol. The minimum atomic E-state index is -4.59. The minimum Gasteiger partial charge on any atom is -0.480 e. The van der Waals surface area contributed by atoms with Crippen LogP contribution in [0.3, 0.4) is 0 Å². The quantitative estimate of drug-likeness (QED) is 0.722. The highest BCUT2D eigenvalue weighted by Crippen LogP contribution is 2.26. The summed E-state index contributed by atoms with van der Waals surface area (Å²) in [6.45, 7) is 4.58. The molecule has 1 aromatic heterocycles. The molecule has 1 fully saturated rings. The van der Waals surface area contributed by atoms with Crippen molar-refractivity contribution in [1.29, 1.82) is 0 Å². The van der Waals surface area contributed by atoms with Crippen LogP contribution in [0.2, 0.25) is 0 Å². The van der Waals surface area contributed by atoms with Crippen molar-refractivity contribution in [1.82, 2.24) is 19.6 Å². The monoisotopic (exact) mass is 454 g/mol. The molecule has 0 aliphatic carbocycles. The zero-order chi connectivity index (χ0) is 23.5. The minimum absolute atomic E-state index is 0.230. The van der Waals surface area contributed by atoms with Gasteiger partial charge in [-0.05, 0) is 31.5 Å². The molecule has 1 aromatic carbocycles. The van der Waals surface area contributed by atoms with Gasteiger partial charge in [-0.2, -0.15) is 18.3 Å². The summed E-state index contributed by atoms with van der Waals surface area (Å²) < 4.78 is 43.7. The average Bonchev–Trinajstić information content (AvgIpc) is 3.16. The molecule has 0 radical (unpaired) electrons. The lowest BCUT2D eigenvalue weighted by Crippen LogP contribution is -2.49. The predicted molar refractivity (Wildman–Crippen MR) is 109 cm³/mol. The summed E-state index contributed by atoms with van der Waals surface area (Å²) in [5, 5.41) is 13.3. The number of alkyl halides is 3. The molecule has 1 amide bonds. The highest BCUT2D eigenvalue weighted by molar-refractivity contribution is 5.68. The standard InChI is InChI=1S/C21H25F3N4O4/c1-14-3-4-16(17(11-14)18-5-6-28(25-18)13-19(29)30)12-26-7-9-27(10-8-26)20(31)32-15(2)21(22,23)24/h3-6,11,15H,7-10,12-13H2,1-2H3,(H,29,30). The van der Waals surface area contributed by atoms with Crippen molar-refractivity contribution < 1.29 is 32.6 Å². The van der Waals surface area contributed by atoms with E-state index in [2.05, 4.69) is 14.7 Å². The molecular formula is C21H25F3N4O4. The van der Waals surface area contributed by atoms with Crippen molar-refractivity contribution in [2.45, 2.75) is 39.2 Å². The van der Waals surface area contributed by atoms with Crippen LogP contribution in [0.15, 0.2) is 30.5 Å². The first kappa shape index (κ1) is 23.6. The number of nitrogens with zero attached hydrogens (tertiary/aromatic N) is 4. The lowest BCUT2D eigenvalue weighted by molar-refractivity contribution is -0.200. The number of carbonyl (C=O) groups is 2. The van der Waals surface area contributed by atoms with Crippen molar-refractivity contribution in [2.75, 3.05) is 26.2 Å². The van der Waals surface area contributed by atoms with Crippen LogP contribution >= 0.6 is 0 Å². The van der Waals surface area contributed by atoms with E-state index in [0.717, 1.165) is 23.6 Å². The Morgan fingerprint density at radius 1 is 1.19 bits per heavy atom. The Balaban J connectivity index is 1.63. The maximum atomic E-state index is 12.6. The van der Waals surface area contributed by atoms with Gasteiger partial charge in [-0.3, -0.25) is 14.4 Å². The lowest BCUT2D eigenvalue weighted by atomic mass is 10.0. The number of carboxylic acid groups (broad SMARTS) is 1. The van der Waals surface area contributed by atoms with Crippen LogP contribution in [0.25, 0.3) is 11.3 Å². The van der Waals surface area contributed by atoms with E-state index in [-0.39, 0.29) is 19.6 Å². The summed E-state index contributed by atoms with van der Waals surface area (Å²) >= 11 is 0. The Kier molecular flexibility index (Phi) is 7.07. The Bertz CT molecular complexity index is 968. The van der Waals surface area contributed by atoms with E-state index in [4.69, 9.17) is 5.11 Å². The maximum absolute atomic E-state index is 12.6. The fourth-order valence-electron chi connectivity index (χ4n) is 3.42. The number of ether oxygens (including phenoxy) is 1. The third kappa shape index (κ3) is 6.00. The van der Waals surface area contributed by atoms with Crippen molar-refractivity contribution >= 4 is 12.1 Å². The van der Waals surface area contributed by atoms with E-state index in [1.807, 2.05) is 25.1 Å². The van der Waals surface area contributed by atoms with Gasteiger partial charge in [-0.25, -0.2) is 4.79 Å². The van der Waals surface area contributed by atoms with Crippen LogP contribution in [-0.4, -0.2) is 75.2 Å². The SMILES string of the molecule is Cc1ccc(CN2CCN(C(=O)OC(C)C(F)(F)F)CC2)c(-c2ccn(CC(=O)O)n2)c1. The number of aryl methyl sites for hydroxylation is 1. The van der Waals surface area contributed by atoms with Crippen molar-refractivity contribution in [3.63, 3.8) is 0 Å². The lowest BCUT2D eigenvalue weighted by Gasteiger charge is -2.35. The third-order valence-electron chi connectivity index (χ3n) is 5.24. The van der Waals surface area contributed by atoms with E-state index < -0.39 is 24.3 Å². The molecule has 1 N–H and O–H groups in total. The van der Waals surface area contributed by atoms with Gasteiger partial charge in [0.25, 0.3) is 0 Å². The second-order valence-electron chi connectivity index (χ2n) is 7.78. The number of piperazine rings is 1. The summed E-state index contributed by atoms with van der Waals surface area (Å²) in [5.74, 6) is -0.981. The van der Waals surface area contributed by atoms with Gasteiger partial charge in [0.2, 0.25) is 0 Å². The molecule has 1 atom stereocenters. The summed E-state index contributed by atoms with van der Waals surface area (Å²) in [4.78, 5) is 26.3. The van der Waals surface area contributed by atoms with Crippen molar-refractivity contribution in [3.8, 4) is 11.3 Å². The number of carbonyl (C=O) groups excluding carboxylic acids is 1. The zero-order valence-corrected chi connectivity index (χ0v) is 17.8. The van der Waals surface area contributed by atoms with Gasteiger partial charge in [0, 0.05) is 44.5 Å². The van der Waals surface area contributed by atoms with E-state index in [0.29, 0.717) is 25.3 Å². The summed E-state index contributed by atoms with van der Waals surface area (Å²) in [6.07, 6.45) is -6.09. The van der Waals surface area contributed by atoms with Crippen LogP contribution in [0.4, 0.5) is 18.0 Å². The molecule has 8 nitrogen and oxygen atoms in total. The maximum Gasteiger partial charge on any atom is 0.425 e. The summed E-state index contributed by atoms with van der Waals surface area (Å²) in [7, 11) is 0. The number of benzene rings is 1. The van der Waals surface area contributed by atoms with E-state index in [1.165, 1.54) is 9.58 Å². The van der Waals surface area contributed by atoms with Crippen LogP contribution in [0.5, 0.6) is 0 Å². The number of halogens is 3. The van der Waals surface area contributed by atoms with E-state index >= 15 is 0 Å². The van der Waals surface area contributed by atoms with Gasteiger partial charge in [0.15, 0.2) is 6.10 Å². The fourth-order valence-corrected chi connectivity index (χ4v) is 3.42. The number of hydrogen-bond acceptors (Lipinski definition) is 5. The summed E-state index contributed by atoms with van der Waals surface area (Å²) in [6, 6.07) is 7.69. The zero-order valence-electron chi connectivity index (χ0n) is 17.8. The molecule has 1 unspecified atom stereocenters. The van der Waals surface area contributed by atoms with Gasteiger partial charge < -0.3 is 14.7 Å². The summed E-state index contributed by atoms with van der Waals surface area (Å²) in [5.41, 5.74) is 3.56. The molecule has 1 aliphatic rings. The Hall–Kier alpha value is -3.08. The van der Waals surface area contributed by atoms with Gasteiger partial charge in [0.1, 0.15) is 6.54 Å². The average molecular weight is 454 g/mol. The first-order valence-electron chi connectivity index (χ1n) is 10.1. The van der Waals surface area contributed by atoms with Crippen LogP contribution in [0.1, 0.15) is 18.1 Å². The Morgan fingerprint density at radius 2 is 1.88 bits per heavy atom. The molecule has 0 bridgehead atoms. The van der Waals surface area contributed by atoms with Gasteiger partial charge in [0.05, 0.1) is 5.69 Å². The van der Waals surface area contributed by atoms with Crippen LogP contribution in [0, 0.1) is 6.92 Å². The van der Waals surface area contributed by atoms with E-state index in [9.17, 15) is 22.8 Å². The second-order valence-corrected chi connectivity index (χ2v) is 7.78. The van der Waals surface area contributed by atoms with Gasteiger partial charge in [-0.1, -0.05) is 17.7 Å². The Labute approximate surface area is 183 Å². The van der Waals surface area contributed by atoms with Gasteiger partial charge in [-0.15, -0.1) is 0 Å². The van der Waals surface area contributed by atoms with E-state index in [1.54, 1.807) is 12.3 Å². The first-order chi connectivity index (χ1) is 15.0. The first-order valence-corrected chi connectivity index (χ1v) is 10.1. The molecule has 174 valence electrons. The predicted octanol–water partition coefficient (Wildman–Crippen LogP) is 3.15. The second kappa shape index (κ2) is 9.60.